The molecule has 4 aromatic rings. The van der Waals surface area contributed by atoms with Crippen molar-refractivity contribution in [2.45, 2.75) is 24.9 Å². The van der Waals surface area contributed by atoms with Crippen molar-refractivity contribution in [1.82, 2.24) is 14.8 Å². The first-order valence-electron chi connectivity index (χ1n) is 11.0. The molecule has 0 spiro atoms. The number of carbonyl (C=O) groups is 2. The molecule has 1 saturated heterocycles. The van der Waals surface area contributed by atoms with Gasteiger partial charge in [-0.15, -0.1) is 0 Å². The smallest absolute Gasteiger partial charge is 0.255 e. The van der Waals surface area contributed by atoms with Gasteiger partial charge in [-0.05, 0) is 48.4 Å². The fraction of sp³-hybridized carbons (Fsp3) is 0.231. The lowest BCUT2D eigenvalue weighted by molar-refractivity contribution is -0.167. The molecule has 166 valence electrons. The number of fused-ring (bicyclic) bond motifs is 5. The topological polar surface area (TPSA) is 69.6 Å². The standard InChI is InChI=1S/C26H22ClN3O3/c1-26-24-23(19-6-2-3-7-21(19)28-24)20(16-8-10-17(27)11-9-16)14-30(26)22(31)15-29(25(26)32)13-18-5-4-12-33-18/h2-12,20,28H,13-15H2,1H3/t20-,26+/m1/s1. The number of para-hydroxylation sites is 1. The van der Waals surface area contributed by atoms with Crippen molar-refractivity contribution in [1.29, 1.82) is 0 Å². The normalized spacial score (nSPS) is 22.5. The molecule has 6 nitrogen and oxygen atoms in total. The van der Waals surface area contributed by atoms with Crippen LogP contribution >= 0.6 is 11.6 Å². The van der Waals surface area contributed by atoms with Crippen molar-refractivity contribution in [2.24, 2.45) is 0 Å². The van der Waals surface area contributed by atoms with Crippen LogP contribution in [0.15, 0.2) is 71.3 Å². The number of H-pyrrole nitrogens is 1. The maximum atomic E-state index is 13.9. The number of aromatic amines is 1. The zero-order valence-electron chi connectivity index (χ0n) is 18.0. The summed E-state index contributed by atoms with van der Waals surface area (Å²) in [7, 11) is 0. The third-order valence-electron chi connectivity index (χ3n) is 7.02. The fourth-order valence-electron chi connectivity index (χ4n) is 5.39. The van der Waals surface area contributed by atoms with Crippen molar-refractivity contribution >= 4 is 34.3 Å². The van der Waals surface area contributed by atoms with Gasteiger partial charge in [0.05, 0.1) is 18.5 Å². The molecule has 4 heterocycles. The molecular weight excluding hydrogens is 438 g/mol. The number of amides is 2. The van der Waals surface area contributed by atoms with Crippen LogP contribution in [0, 0.1) is 0 Å². The first-order valence-corrected chi connectivity index (χ1v) is 11.3. The van der Waals surface area contributed by atoms with E-state index in [0.717, 1.165) is 27.7 Å². The number of hydrogen-bond acceptors (Lipinski definition) is 3. The summed E-state index contributed by atoms with van der Waals surface area (Å²) in [6.07, 6.45) is 1.58. The lowest BCUT2D eigenvalue weighted by atomic mass is 9.76. The van der Waals surface area contributed by atoms with E-state index in [0.29, 0.717) is 17.3 Å². The van der Waals surface area contributed by atoms with Gasteiger partial charge in [-0.3, -0.25) is 9.59 Å². The fourth-order valence-corrected chi connectivity index (χ4v) is 5.51. The Morgan fingerprint density at radius 1 is 1.09 bits per heavy atom. The second kappa shape index (κ2) is 7.25. The quantitative estimate of drug-likeness (QED) is 0.485. The van der Waals surface area contributed by atoms with Gasteiger partial charge in [0.1, 0.15) is 12.3 Å². The molecule has 2 aliphatic heterocycles. The van der Waals surface area contributed by atoms with Gasteiger partial charge in [-0.2, -0.15) is 0 Å². The molecular formula is C26H22ClN3O3. The molecule has 2 aromatic carbocycles. The third kappa shape index (κ3) is 2.94. The van der Waals surface area contributed by atoms with E-state index >= 15 is 0 Å². The highest BCUT2D eigenvalue weighted by Gasteiger charge is 2.56. The van der Waals surface area contributed by atoms with Crippen molar-refractivity contribution in [2.75, 3.05) is 13.1 Å². The van der Waals surface area contributed by atoms with E-state index in [1.165, 1.54) is 0 Å². The number of hydrogen-bond donors (Lipinski definition) is 1. The van der Waals surface area contributed by atoms with Crippen LogP contribution in [0.1, 0.15) is 35.4 Å². The summed E-state index contributed by atoms with van der Waals surface area (Å²) in [6, 6.07) is 19.4. The summed E-state index contributed by atoms with van der Waals surface area (Å²) in [5.74, 6) is 0.391. The Morgan fingerprint density at radius 3 is 2.64 bits per heavy atom. The van der Waals surface area contributed by atoms with Gasteiger partial charge >= 0.3 is 0 Å². The largest absolute Gasteiger partial charge is 0.467 e. The van der Waals surface area contributed by atoms with Crippen LogP contribution in [0.4, 0.5) is 0 Å². The van der Waals surface area contributed by atoms with Gasteiger partial charge in [-0.1, -0.05) is 41.9 Å². The van der Waals surface area contributed by atoms with Crippen LogP contribution in [-0.2, 0) is 21.7 Å². The second-order valence-electron chi connectivity index (χ2n) is 8.88. The van der Waals surface area contributed by atoms with E-state index in [1.807, 2.05) is 55.5 Å². The summed E-state index contributed by atoms with van der Waals surface area (Å²) >= 11 is 6.15. The van der Waals surface area contributed by atoms with Crippen molar-refractivity contribution in [3.63, 3.8) is 0 Å². The van der Waals surface area contributed by atoms with Gasteiger partial charge in [0.25, 0.3) is 5.91 Å². The van der Waals surface area contributed by atoms with Gasteiger partial charge in [0.15, 0.2) is 5.54 Å². The summed E-state index contributed by atoms with van der Waals surface area (Å²) in [5.41, 5.74) is 2.72. The number of halogens is 1. The Labute approximate surface area is 195 Å². The van der Waals surface area contributed by atoms with Gasteiger partial charge in [0, 0.05) is 28.4 Å². The number of nitrogens with one attached hydrogen (secondary N) is 1. The number of furan rings is 1. The molecule has 2 atom stereocenters. The van der Waals surface area contributed by atoms with Crippen LogP contribution in [0.5, 0.6) is 0 Å². The van der Waals surface area contributed by atoms with Gasteiger partial charge < -0.3 is 19.2 Å². The van der Waals surface area contributed by atoms with Crippen molar-refractivity contribution < 1.29 is 14.0 Å². The van der Waals surface area contributed by atoms with Gasteiger partial charge in [-0.25, -0.2) is 0 Å². The molecule has 7 heteroatoms. The average molecular weight is 460 g/mol. The molecule has 0 saturated carbocycles. The van der Waals surface area contributed by atoms with E-state index in [9.17, 15) is 9.59 Å². The van der Waals surface area contributed by atoms with Crippen LogP contribution in [-0.4, -0.2) is 39.7 Å². The molecule has 0 radical (unpaired) electrons. The number of nitrogens with zero attached hydrogens (tertiary/aromatic N) is 2. The molecule has 0 unspecified atom stereocenters. The van der Waals surface area contributed by atoms with E-state index < -0.39 is 5.54 Å². The minimum absolute atomic E-state index is 0.0258. The lowest BCUT2D eigenvalue weighted by Gasteiger charge is -2.51. The van der Waals surface area contributed by atoms with Crippen LogP contribution in [0.2, 0.25) is 5.02 Å². The highest BCUT2D eigenvalue weighted by atomic mass is 35.5. The number of rotatable bonds is 3. The molecule has 2 amide bonds. The summed E-state index contributed by atoms with van der Waals surface area (Å²) in [5, 5.41) is 1.73. The second-order valence-corrected chi connectivity index (χ2v) is 9.32. The Bertz CT molecular complexity index is 1380. The zero-order chi connectivity index (χ0) is 22.7. The van der Waals surface area contributed by atoms with E-state index in [2.05, 4.69) is 11.1 Å². The van der Waals surface area contributed by atoms with E-state index in [-0.39, 0.29) is 30.8 Å². The number of benzene rings is 2. The highest BCUT2D eigenvalue weighted by molar-refractivity contribution is 6.30. The first-order chi connectivity index (χ1) is 16.0. The molecule has 6 rings (SSSR count). The minimum Gasteiger partial charge on any atom is -0.467 e. The zero-order valence-corrected chi connectivity index (χ0v) is 18.8. The van der Waals surface area contributed by atoms with Crippen molar-refractivity contribution in [3.05, 3.63) is 94.5 Å². The van der Waals surface area contributed by atoms with Crippen LogP contribution in [0.3, 0.4) is 0 Å². The molecule has 33 heavy (non-hydrogen) atoms. The first kappa shape index (κ1) is 20.1. The lowest BCUT2D eigenvalue weighted by Crippen LogP contribution is -2.67. The number of piperazine rings is 1. The summed E-state index contributed by atoms with van der Waals surface area (Å²) in [6.45, 7) is 2.56. The summed E-state index contributed by atoms with van der Waals surface area (Å²) < 4.78 is 5.45. The maximum Gasteiger partial charge on any atom is 0.255 e. The van der Waals surface area contributed by atoms with E-state index in [4.69, 9.17) is 16.0 Å². The molecule has 1 fully saturated rings. The molecule has 1 N–H and O–H groups in total. The monoisotopic (exact) mass is 459 g/mol. The Balaban J connectivity index is 1.53. The maximum absolute atomic E-state index is 13.9. The predicted octanol–water partition coefficient (Wildman–Crippen LogP) is 4.65. The Kier molecular flexibility index (Phi) is 4.42. The Hall–Kier alpha value is -3.51. The van der Waals surface area contributed by atoms with Crippen molar-refractivity contribution in [3.8, 4) is 0 Å². The molecule has 2 aliphatic rings. The molecule has 0 bridgehead atoms. The number of carbonyl (C=O) groups excluding carboxylic acids is 2. The van der Waals surface area contributed by atoms with Crippen LogP contribution < -0.4 is 0 Å². The van der Waals surface area contributed by atoms with E-state index in [1.54, 1.807) is 22.1 Å². The minimum atomic E-state index is -1.13. The van der Waals surface area contributed by atoms with Gasteiger partial charge in [0.2, 0.25) is 5.91 Å². The van der Waals surface area contributed by atoms with Crippen LogP contribution in [0.25, 0.3) is 10.9 Å². The number of aromatic nitrogens is 1. The SMILES string of the molecule is C[C@]12C(=O)N(Cc3ccco3)CC(=O)N1C[C@H](c1ccc(Cl)cc1)c1c2[nH]c2ccccc12. The Morgan fingerprint density at radius 2 is 1.88 bits per heavy atom. The summed E-state index contributed by atoms with van der Waals surface area (Å²) in [4.78, 5) is 34.2. The average Bonchev–Trinajstić information content (AvgIpc) is 3.47. The third-order valence-corrected chi connectivity index (χ3v) is 7.27. The molecule has 2 aromatic heterocycles. The predicted molar refractivity (Wildman–Crippen MR) is 125 cm³/mol. The highest BCUT2D eigenvalue weighted by Crippen LogP contribution is 2.48. The molecule has 0 aliphatic carbocycles.